The Morgan fingerprint density at radius 3 is 2.45 bits per heavy atom. The third kappa shape index (κ3) is 2.14. The van der Waals surface area contributed by atoms with E-state index in [0.717, 1.165) is 10.9 Å². The van der Waals surface area contributed by atoms with Crippen LogP contribution in [-0.2, 0) is 0 Å². The highest BCUT2D eigenvalue weighted by molar-refractivity contribution is 6.15. The van der Waals surface area contributed by atoms with Crippen molar-refractivity contribution in [2.45, 2.75) is 6.92 Å². The van der Waals surface area contributed by atoms with Crippen molar-refractivity contribution in [1.82, 2.24) is 4.98 Å². The van der Waals surface area contributed by atoms with Crippen LogP contribution in [0.4, 0.5) is 0 Å². The number of rotatable bonds is 2. The number of carbonyl (C=O) groups excluding carboxylic acids is 1. The summed E-state index contributed by atoms with van der Waals surface area (Å²) in [7, 11) is 0. The molecule has 0 aliphatic carbocycles. The number of aromatic nitrogens is 1. The molecular weight excluding hydrogens is 250 g/mol. The maximum absolute atomic E-state index is 12.6. The quantitative estimate of drug-likeness (QED) is 0.722. The minimum absolute atomic E-state index is 0.0857. The largest absolute Gasteiger partial charge is 0.321 e. The molecule has 1 N–H and O–H groups in total. The predicted molar refractivity (Wildman–Crippen MR) is 79.2 cm³/mol. The molecule has 0 bridgehead atoms. The van der Waals surface area contributed by atoms with E-state index < -0.39 is 0 Å². The van der Waals surface area contributed by atoms with Gasteiger partial charge >= 0.3 is 0 Å². The summed E-state index contributed by atoms with van der Waals surface area (Å²) in [5.41, 5.74) is 2.62. The topological polar surface area (TPSA) is 49.9 Å². The Labute approximate surface area is 115 Å². The van der Waals surface area contributed by atoms with Crippen LogP contribution >= 0.6 is 0 Å². The molecule has 1 heterocycles. The molecule has 3 aromatic rings. The van der Waals surface area contributed by atoms with Crippen LogP contribution in [0.1, 0.15) is 21.5 Å². The molecule has 0 unspecified atom stereocenters. The number of aromatic amines is 1. The van der Waals surface area contributed by atoms with Crippen LogP contribution in [0.5, 0.6) is 0 Å². The van der Waals surface area contributed by atoms with E-state index in [1.165, 1.54) is 6.07 Å². The number of fused-ring (bicyclic) bond motifs is 1. The molecule has 1 aromatic heterocycles. The van der Waals surface area contributed by atoms with Gasteiger partial charge in [0.15, 0.2) is 5.78 Å². The average molecular weight is 263 g/mol. The highest BCUT2D eigenvalue weighted by atomic mass is 16.1. The lowest BCUT2D eigenvalue weighted by Crippen LogP contribution is -2.08. The van der Waals surface area contributed by atoms with Crippen molar-refractivity contribution in [2.75, 3.05) is 0 Å². The zero-order valence-electron chi connectivity index (χ0n) is 11.0. The summed E-state index contributed by atoms with van der Waals surface area (Å²) < 4.78 is 0. The van der Waals surface area contributed by atoms with Gasteiger partial charge in [-0.15, -0.1) is 0 Å². The number of benzene rings is 2. The predicted octanol–water partition coefficient (Wildman–Crippen LogP) is 3.07. The lowest BCUT2D eigenvalue weighted by atomic mass is 10.00. The van der Waals surface area contributed by atoms with Crippen molar-refractivity contribution in [3.63, 3.8) is 0 Å². The molecule has 0 fully saturated rings. The van der Waals surface area contributed by atoms with E-state index in [4.69, 9.17) is 0 Å². The van der Waals surface area contributed by atoms with Crippen LogP contribution in [0.25, 0.3) is 10.9 Å². The first-order valence-electron chi connectivity index (χ1n) is 6.38. The first-order chi connectivity index (χ1) is 9.65. The molecule has 0 radical (unpaired) electrons. The van der Waals surface area contributed by atoms with Gasteiger partial charge in [-0.1, -0.05) is 42.0 Å². The fraction of sp³-hybridized carbons (Fsp3) is 0.0588. The molecular formula is C17H13NO2. The number of para-hydroxylation sites is 1. The third-order valence-corrected chi connectivity index (χ3v) is 3.32. The highest BCUT2D eigenvalue weighted by Crippen LogP contribution is 2.18. The number of hydrogen-bond donors (Lipinski definition) is 1. The van der Waals surface area contributed by atoms with Gasteiger partial charge in [0, 0.05) is 17.2 Å². The summed E-state index contributed by atoms with van der Waals surface area (Å²) >= 11 is 0. The lowest BCUT2D eigenvalue weighted by molar-refractivity contribution is 0.104. The maximum Gasteiger partial charge on any atom is 0.248 e. The number of aryl methyl sites for hydroxylation is 1. The van der Waals surface area contributed by atoms with E-state index in [1.807, 2.05) is 31.2 Å². The molecule has 3 heteroatoms. The fourth-order valence-corrected chi connectivity index (χ4v) is 2.23. The Morgan fingerprint density at radius 1 is 0.950 bits per heavy atom. The van der Waals surface area contributed by atoms with Crippen LogP contribution in [-0.4, -0.2) is 10.8 Å². The van der Waals surface area contributed by atoms with Gasteiger partial charge in [0.2, 0.25) is 5.56 Å². The summed E-state index contributed by atoms with van der Waals surface area (Å²) in [6, 6.07) is 16.0. The van der Waals surface area contributed by atoms with Crippen LogP contribution in [0.3, 0.4) is 0 Å². The van der Waals surface area contributed by atoms with Gasteiger partial charge in [-0.25, -0.2) is 0 Å². The molecule has 0 saturated heterocycles. The molecule has 0 saturated carbocycles. The van der Waals surface area contributed by atoms with Crippen LogP contribution in [0, 0.1) is 6.92 Å². The van der Waals surface area contributed by atoms with Crippen LogP contribution < -0.4 is 5.56 Å². The van der Waals surface area contributed by atoms with Crippen molar-refractivity contribution in [3.8, 4) is 0 Å². The molecule has 0 atom stereocenters. The summed E-state index contributed by atoms with van der Waals surface area (Å²) in [5, 5.41) is 0.850. The van der Waals surface area contributed by atoms with Crippen molar-refractivity contribution in [1.29, 1.82) is 0 Å². The highest BCUT2D eigenvalue weighted by Gasteiger charge is 2.12. The number of pyridine rings is 1. The number of nitrogens with one attached hydrogen (secondary N) is 1. The third-order valence-electron chi connectivity index (χ3n) is 3.32. The Bertz CT molecular complexity index is 845. The molecule has 20 heavy (non-hydrogen) atoms. The van der Waals surface area contributed by atoms with E-state index in [2.05, 4.69) is 4.98 Å². The van der Waals surface area contributed by atoms with Crippen LogP contribution in [0.2, 0.25) is 0 Å². The van der Waals surface area contributed by atoms with Crippen molar-refractivity contribution in [2.24, 2.45) is 0 Å². The van der Waals surface area contributed by atoms with Crippen molar-refractivity contribution < 1.29 is 4.79 Å². The second-order valence-electron chi connectivity index (χ2n) is 4.79. The number of hydrogen-bond acceptors (Lipinski definition) is 2. The molecule has 0 amide bonds. The minimum atomic E-state index is -0.207. The van der Waals surface area contributed by atoms with Gasteiger partial charge in [-0.05, 0) is 24.4 Å². The van der Waals surface area contributed by atoms with Gasteiger partial charge < -0.3 is 4.98 Å². The van der Waals surface area contributed by atoms with Crippen molar-refractivity contribution >= 4 is 16.7 Å². The van der Waals surface area contributed by atoms with E-state index in [1.54, 1.807) is 24.3 Å². The minimum Gasteiger partial charge on any atom is -0.321 e. The Kier molecular flexibility index (Phi) is 2.95. The standard InChI is InChI=1S/C17H13NO2/c1-11-5-7-13(8-6-11)17(20)14-4-2-3-12-9-10-15(19)18-16(12)14/h2-10H,1H3,(H,18,19). The van der Waals surface area contributed by atoms with Gasteiger partial charge in [0.05, 0.1) is 5.52 Å². The SMILES string of the molecule is Cc1ccc(C(=O)c2cccc3ccc(=O)[nH]c23)cc1. The molecule has 0 spiro atoms. The number of H-pyrrole nitrogens is 1. The van der Waals surface area contributed by atoms with Crippen molar-refractivity contribution in [3.05, 3.63) is 81.6 Å². The van der Waals surface area contributed by atoms with E-state index in [-0.39, 0.29) is 11.3 Å². The zero-order valence-corrected chi connectivity index (χ0v) is 11.0. The van der Waals surface area contributed by atoms with E-state index in [9.17, 15) is 9.59 Å². The van der Waals surface area contributed by atoms with Gasteiger partial charge in [-0.3, -0.25) is 9.59 Å². The lowest BCUT2D eigenvalue weighted by Gasteiger charge is -2.06. The number of ketones is 1. The molecule has 0 aliphatic heterocycles. The summed E-state index contributed by atoms with van der Waals surface area (Å²) in [6.07, 6.45) is 0. The Balaban J connectivity index is 2.19. The molecule has 3 rings (SSSR count). The molecule has 0 aliphatic rings. The van der Waals surface area contributed by atoms with Crippen LogP contribution in [0.15, 0.2) is 59.4 Å². The summed E-state index contributed by atoms with van der Waals surface area (Å²) in [5.74, 6) is -0.0857. The second-order valence-corrected chi connectivity index (χ2v) is 4.79. The zero-order chi connectivity index (χ0) is 14.1. The monoisotopic (exact) mass is 263 g/mol. The molecule has 2 aromatic carbocycles. The second kappa shape index (κ2) is 4.78. The smallest absolute Gasteiger partial charge is 0.248 e. The summed E-state index contributed by atoms with van der Waals surface area (Å²) in [4.78, 5) is 26.8. The summed E-state index contributed by atoms with van der Waals surface area (Å²) in [6.45, 7) is 1.98. The van der Waals surface area contributed by atoms with E-state index in [0.29, 0.717) is 16.6 Å². The van der Waals surface area contributed by atoms with Gasteiger partial charge in [-0.2, -0.15) is 0 Å². The normalized spacial score (nSPS) is 10.7. The maximum atomic E-state index is 12.6. The van der Waals surface area contributed by atoms with Gasteiger partial charge in [0.25, 0.3) is 0 Å². The molecule has 3 nitrogen and oxygen atoms in total. The Hall–Kier alpha value is -2.68. The molecule has 98 valence electrons. The van der Waals surface area contributed by atoms with E-state index >= 15 is 0 Å². The number of carbonyl (C=O) groups is 1. The first-order valence-corrected chi connectivity index (χ1v) is 6.38. The Morgan fingerprint density at radius 2 is 1.70 bits per heavy atom. The van der Waals surface area contributed by atoms with Gasteiger partial charge in [0.1, 0.15) is 0 Å². The average Bonchev–Trinajstić information content (AvgIpc) is 2.46. The fourth-order valence-electron chi connectivity index (χ4n) is 2.23. The first kappa shape index (κ1) is 12.4.